The molecular weight excluding hydrogens is 292 g/mol. The molecule has 2 heterocycles. The van der Waals surface area contributed by atoms with Crippen LogP contribution in [0.4, 0.5) is 0 Å². The van der Waals surface area contributed by atoms with Crippen LogP contribution in [0.25, 0.3) is 10.1 Å². The smallest absolute Gasteiger partial charge is 0.155 e. The Morgan fingerprint density at radius 3 is 2.90 bits per heavy atom. The van der Waals surface area contributed by atoms with Crippen LogP contribution in [0.1, 0.15) is 30.9 Å². The Balaban J connectivity index is 2.07. The molecular formula is C14H18N2O2S2. The molecule has 0 aliphatic carbocycles. The number of hydrazine groups is 1. The van der Waals surface area contributed by atoms with Gasteiger partial charge in [-0.3, -0.25) is 11.3 Å². The van der Waals surface area contributed by atoms with Gasteiger partial charge in [-0.1, -0.05) is 24.6 Å². The van der Waals surface area contributed by atoms with Gasteiger partial charge in [0.05, 0.1) is 17.0 Å². The van der Waals surface area contributed by atoms with Crippen molar-refractivity contribution in [3.05, 3.63) is 35.2 Å². The molecule has 20 heavy (non-hydrogen) atoms. The Kier molecular flexibility index (Phi) is 3.81. The van der Waals surface area contributed by atoms with E-state index in [4.69, 9.17) is 5.84 Å². The first kappa shape index (κ1) is 14.0. The molecule has 1 aromatic heterocycles. The summed E-state index contributed by atoms with van der Waals surface area (Å²) in [5, 5.41) is 2.74. The topological polar surface area (TPSA) is 72.2 Å². The zero-order valence-electron chi connectivity index (χ0n) is 11.1. The van der Waals surface area contributed by atoms with E-state index < -0.39 is 15.1 Å². The van der Waals surface area contributed by atoms with Gasteiger partial charge in [-0.25, -0.2) is 8.42 Å². The highest BCUT2D eigenvalue weighted by Gasteiger charge is 2.36. The highest BCUT2D eigenvalue weighted by atomic mass is 32.2. The standard InChI is InChI=1S/C14H18N2O2S2/c15-16-13(12-6-1-2-9-20(12,17)18)11-5-3-4-10-7-8-19-14(10)11/h3-5,7-8,12-13,16H,1-2,6,9,15H2. The molecule has 0 amide bonds. The van der Waals surface area contributed by atoms with E-state index >= 15 is 0 Å². The molecule has 2 aromatic rings. The number of nitrogens with two attached hydrogens (primary N) is 1. The minimum absolute atomic E-state index is 0.274. The molecule has 1 aromatic carbocycles. The minimum atomic E-state index is -3.07. The Morgan fingerprint density at radius 1 is 1.30 bits per heavy atom. The third-order valence-corrected chi connectivity index (χ3v) is 7.29. The van der Waals surface area contributed by atoms with E-state index in [-0.39, 0.29) is 11.8 Å². The summed E-state index contributed by atoms with van der Waals surface area (Å²) in [6, 6.07) is 7.70. The Morgan fingerprint density at radius 2 is 2.15 bits per heavy atom. The monoisotopic (exact) mass is 310 g/mol. The Hall–Kier alpha value is -0.950. The average molecular weight is 310 g/mol. The highest BCUT2D eigenvalue weighted by molar-refractivity contribution is 7.92. The second kappa shape index (κ2) is 5.44. The van der Waals surface area contributed by atoms with Crippen LogP contribution in [0.15, 0.2) is 29.6 Å². The van der Waals surface area contributed by atoms with Gasteiger partial charge in [0.25, 0.3) is 0 Å². The van der Waals surface area contributed by atoms with E-state index in [1.165, 1.54) is 0 Å². The number of benzene rings is 1. The van der Waals surface area contributed by atoms with Crippen LogP contribution in [-0.2, 0) is 9.84 Å². The second-order valence-corrected chi connectivity index (χ2v) is 8.49. The van der Waals surface area contributed by atoms with E-state index in [2.05, 4.69) is 5.43 Å². The van der Waals surface area contributed by atoms with Crippen LogP contribution < -0.4 is 11.3 Å². The molecule has 4 nitrogen and oxygen atoms in total. The number of sulfone groups is 1. The van der Waals surface area contributed by atoms with Crippen LogP contribution in [-0.4, -0.2) is 19.4 Å². The van der Waals surface area contributed by atoms with Crippen molar-refractivity contribution in [1.82, 2.24) is 5.43 Å². The molecule has 108 valence electrons. The zero-order chi connectivity index (χ0) is 14.2. The van der Waals surface area contributed by atoms with Crippen molar-refractivity contribution in [3.63, 3.8) is 0 Å². The molecule has 6 heteroatoms. The van der Waals surface area contributed by atoms with Crippen molar-refractivity contribution in [2.45, 2.75) is 30.6 Å². The van der Waals surface area contributed by atoms with Gasteiger partial charge in [-0.05, 0) is 35.2 Å². The van der Waals surface area contributed by atoms with E-state index in [1.54, 1.807) is 11.3 Å². The molecule has 1 aliphatic rings. The third kappa shape index (κ3) is 2.37. The van der Waals surface area contributed by atoms with Crippen molar-refractivity contribution in [2.24, 2.45) is 5.84 Å². The first-order valence-electron chi connectivity index (χ1n) is 6.77. The zero-order valence-corrected chi connectivity index (χ0v) is 12.7. The molecule has 0 saturated carbocycles. The van der Waals surface area contributed by atoms with E-state index in [0.29, 0.717) is 6.42 Å². The summed E-state index contributed by atoms with van der Waals surface area (Å²) in [6.07, 6.45) is 2.39. The van der Waals surface area contributed by atoms with Crippen molar-refractivity contribution < 1.29 is 8.42 Å². The fraction of sp³-hybridized carbons (Fsp3) is 0.429. The number of hydrogen-bond acceptors (Lipinski definition) is 5. The first-order chi connectivity index (χ1) is 9.63. The summed E-state index contributed by atoms with van der Waals surface area (Å²) < 4.78 is 25.8. The van der Waals surface area contributed by atoms with Crippen LogP contribution in [0.2, 0.25) is 0 Å². The fourth-order valence-electron chi connectivity index (χ4n) is 3.01. The van der Waals surface area contributed by atoms with Gasteiger partial charge in [0.2, 0.25) is 0 Å². The Labute approximate surface area is 122 Å². The lowest BCUT2D eigenvalue weighted by atomic mass is 9.99. The summed E-state index contributed by atoms with van der Waals surface area (Å²) in [5.41, 5.74) is 3.75. The van der Waals surface area contributed by atoms with Crippen molar-refractivity contribution in [3.8, 4) is 0 Å². The molecule has 1 aliphatic heterocycles. The van der Waals surface area contributed by atoms with E-state index in [0.717, 1.165) is 28.5 Å². The second-order valence-electron chi connectivity index (χ2n) is 5.23. The molecule has 3 rings (SSSR count). The molecule has 0 bridgehead atoms. The largest absolute Gasteiger partial charge is 0.271 e. The maximum absolute atomic E-state index is 12.3. The molecule has 0 radical (unpaired) electrons. The van der Waals surface area contributed by atoms with Crippen LogP contribution in [0.3, 0.4) is 0 Å². The van der Waals surface area contributed by atoms with Crippen molar-refractivity contribution >= 4 is 31.3 Å². The molecule has 0 spiro atoms. The average Bonchev–Trinajstić information content (AvgIpc) is 2.90. The van der Waals surface area contributed by atoms with Gasteiger partial charge in [-0.2, -0.15) is 0 Å². The van der Waals surface area contributed by atoms with E-state index in [9.17, 15) is 8.42 Å². The molecule has 1 fully saturated rings. The van der Waals surface area contributed by atoms with E-state index in [1.807, 2.05) is 29.6 Å². The van der Waals surface area contributed by atoms with Crippen molar-refractivity contribution in [1.29, 1.82) is 0 Å². The number of nitrogens with one attached hydrogen (secondary N) is 1. The SMILES string of the molecule is NNC(c1cccc2ccsc12)C1CCCCS1(=O)=O. The van der Waals surface area contributed by atoms with Gasteiger partial charge < -0.3 is 0 Å². The summed E-state index contributed by atoms with van der Waals surface area (Å²) in [4.78, 5) is 0. The normalized spacial score (nSPS) is 23.8. The molecule has 1 saturated heterocycles. The predicted octanol–water partition coefficient (Wildman–Crippen LogP) is 2.37. The summed E-state index contributed by atoms with van der Waals surface area (Å²) in [6.45, 7) is 0. The maximum Gasteiger partial charge on any atom is 0.155 e. The predicted molar refractivity (Wildman–Crippen MR) is 83.3 cm³/mol. The van der Waals surface area contributed by atoms with Gasteiger partial charge >= 0.3 is 0 Å². The molecule has 2 unspecified atom stereocenters. The van der Waals surface area contributed by atoms with Gasteiger partial charge in [-0.15, -0.1) is 11.3 Å². The lowest BCUT2D eigenvalue weighted by Crippen LogP contribution is -2.43. The third-order valence-electron chi connectivity index (χ3n) is 4.02. The van der Waals surface area contributed by atoms with Gasteiger partial charge in [0.15, 0.2) is 9.84 Å². The number of hydrogen-bond donors (Lipinski definition) is 2. The molecule has 2 atom stereocenters. The fourth-order valence-corrected chi connectivity index (χ4v) is 6.04. The quantitative estimate of drug-likeness (QED) is 0.674. The lowest BCUT2D eigenvalue weighted by molar-refractivity contribution is 0.456. The van der Waals surface area contributed by atoms with Crippen LogP contribution >= 0.6 is 11.3 Å². The number of rotatable bonds is 3. The number of fused-ring (bicyclic) bond motifs is 1. The molecule has 3 N–H and O–H groups in total. The van der Waals surface area contributed by atoms with Gasteiger partial charge in [0.1, 0.15) is 0 Å². The summed E-state index contributed by atoms with van der Waals surface area (Å²) in [7, 11) is -3.07. The highest BCUT2D eigenvalue weighted by Crippen LogP contribution is 2.35. The first-order valence-corrected chi connectivity index (χ1v) is 9.37. The number of thiophene rings is 1. The van der Waals surface area contributed by atoms with Crippen LogP contribution in [0.5, 0.6) is 0 Å². The van der Waals surface area contributed by atoms with Crippen molar-refractivity contribution in [2.75, 3.05) is 5.75 Å². The van der Waals surface area contributed by atoms with Crippen LogP contribution in [0, 0.1) is 0 Å². The maximum atomic E-state index is 12.3. The Bertz CT molecular complexity index is 709. The minimum Gasteiger partial charge on any atom is -0.271 e. The summed E-state index contributed by atoms with van der Waals surface area (Å²) in [5.74, 6) is 5.98. The summed E-state index contributed by atoms with van der Waals surface area (Å²) >= 11 is 1.63. The van der Waals surface area contributed by atoms with Gasteiger partial charge in [0, 0.05) is 4.70 Å². The lowest BCUT2D eigenvalue weighted by Gasteiger charge is -2.30.